The highest BCUT2D eigenvalue weighted by atomic mass is 19.4. The van der Waals surface area contributed by atoms with Crippen molar-refractivity contribution in [2.75, 3.05) is 5.32 Å². The summed E-state index contributed by atoms with van der Waals surface area (Å²) in [5.41, 5.74) is -1.58. The number of nitrogens with zero attached hydrogens (tertiary/aromatic N) is 2. The molecule has 0 saturated heterocycles. The van der Waals surface area contributed by atoms with Crippen molar-refractivity contribution < 1.29 is 22.4 Å². The molecule has 0 aliphatic carbocycles. The molecule has 0 saturated carbocycles. The quantitative estimate of drug-likeness (QED) is 0.846. The monoisotopic (exact) mass is 330 g/mol. The van der Waals surface area contributed by atoms with Gasteiger partial charge in [0.25, 0.3) is 0 Å². The minimum atomic E-state index is -4.83. The van der Waals surface area contributed by atoms with Crippen LogP contribution in [-0.2, 0) is 12.7 Å². The summed E-state index contributed by atoms with van der Waals surface area (Å²) in [7, 11) is 0. The number of carbonyl (C=O) groups excluding carboxylic acids is 1. The average molecular weight is 330 g/mol. The average Bonchev–Trinajstić information content (AvgIpc) is 2.92. The summed E-state index contributed by atoms with van der Waals surface area (Å²) in [5.74, 6) is -1.39. The highest BCUT2D eigenvalue weighted by Crippen LogP contribution is 2.32. The van der Waals surface area contributed by atoms with Crippen molar-refractivity contribution in [2.45, 2.75) is 25.7 Å². The van der Waals surface area contributed by atoms with E-state index in [1.165, 1.54) is 0 Å². The topological polar surface area (TPSA) is 59.0 Å². The van der Waals surface area contributed by atoms with Crippen molar-refractivity contribution in [3.8, 4) is 0 Å². The summed E-state index contributed by atoms with van der Waals surface area (Å²) in [6.07, 6.45) is 0.0499. The molecule has 0 aliphatic heterocycles. The predicted octanol–water partition coefficient (Wildman–Crippen LogP) is 3.25. The smallest absolute Gasteiger partial charge is 0.335 e. The van der Waals surface area contributed by atoms with Crippen LogP contribution in [0.4, 0.5) is 28.0 Å². The van der Waals surface area contributed by atoms with Crippen LogP contribution in [0.3, 0.4) is 0 Å². The summed E-state index contributed by atoms with van der Waals surface area (Å²) >= 11 is 0. The first-order valence-corrected chi connectivity index (χ1v) is 6.65. The second kappa shape index (κ2) is 6.67. The van der Waals surface area contributed by atoms with Gasteiger partial charge in [0.05, 0.1) is 11.9 Å². The van der Waals surface area contributed by atoms with Gasteiger partial charge in [-0.2, -0.15) is 13.2 Å². The summed E-state index contributed by atoms with van der Waals surface area (Å²) in [4.78, 5) is 15.6. The first-order valence-electron chi connectivity index (χ1n) is 6.65. The van der Waals surface area contributed by atoms with Crippen LogP contribution < -0.4 is 10.6 Å². The molecule has 0 unspecified atom stereocenters. The van der Waals surface area contributed by atoms with Gasteiger partial charge in [-0.3, -0.25) is 0 Å². The molecule has 1 heterocycles. The first-order chi connectivity index (χ1) is 10.8. The van der Waals surface area contributed by atoms with E-state index in [1.54, 1.807) is 30.2 Å². The number of alkyl halides is 3. The molecule has 2 aromatic rings. The second-order valence-corrected chi connectivity index (χ2v) is 4.95. The summed E-state index contributed by atoms with van der Waals surface area (Å²) in [6, 6.07) is 1.30. The lowest BCUT2D eigenvalue weighted by atomic mass is 10.2. The molecule has 0 radical (unpaired) electrons. The molecule has 1 atom stereocenters. The number of aromatic nitrogens is 2. The van der Waals surface area contributed by atoms with Gasteiger partial charge in [-0.15, -0.1) is 0 Å². The van der Waals surface area contributed by atoms with Crippen LogP contribution in [0.2, 0.25) is 0 Å². The van der Waals surface area contributed by atoms with Gasteiger partial charge in [0, 0.05) is 30.7 Å². The fraction of sp³-hybridized carbons (Fsp3) is 0.286. The number of carbonyl (C=O) groups is 1. The highest BCUT2D eigenvalue weighted by Gasteiger charge is 2.34. The molecular formula is C14H14F4N4O. The molecule has 23 heavy (non-hydrogen) atoms. The number of amides is 2. The lowest BCUT2D eigenvalue weighted by molar-refractivity contribution is -0.139. The van der Waals surface area contributed by atoms with Crippen molar-refractivity contribution in [3.05, 3.63) is 48.3 Å². The number of nitrogens with one attached hydrogen (secondary N) is 2. The Kier molecular flexibility index (Phi) is 4.87. The summed E-state index contributed by atoms with van der Waals surface area (Å²) in [5, 5.41) is 4.82. The Morgan fingerprint density at radius 3 is 2.74 bits per heavy atom. The number of hydrogen-bond donors (Lipinski definition) is 2. The third-order valence-corrected chi connectivity index (χ3v) is 2.95. The van der Waals surface area contributed by atoms with Gasteiger partial charge in [-0.05, 0) is 25.1 Å². The molecule has 1 aromatic carbocycles. The number of imidazole rings is 1. The number of halogens is 4. The molecule has 124 valence electrons. The minimum Gasteiger partial charge on any atom is -0.335 e. The molecule has 2 rings (SSSR count). The molecule has 2 amide bonds. The lowest BCUT2D eigenvalue weighted by Crippen LogP contribution is -2.38. The van der Waals surface area contributed by atoms with Gasteiger partial charge in [-0.25, -0.2) is 14.2 Å². The molecule has 0 aliphatic rings. The van der Waals surface area contributed by atoms with Gasteiger partial charge in [-0.1, -0.05) is 0 Å². The van der Waals surface area contributed by atoms with E-state index in [0.29, 0.717) is 18.7 Å². The number of hydrogen-bond acceptors (Lipinski definition) is 2. The van der Waals surface area contributed by atoms with E-state index >= 15 is 0 Å². The first kappa shape index (κ1) is 16.8. The molecule has 2 N–H and O–H groups in total. The molecule has 5 nitrogen and oxygen atoms in total. The largest absolute Gasteiger partial charge is 0.419 e. The van der Waals surface area contributed by atoms with Crippen LogP contribution in [0.15, 0.2) is 36.9 Å². The van der Waals surface area contributed by atoms with Crippen LogP contribution in [0.1, 0.15) is 12.5 Å². The molecule has 9 heteroatoms. The predicted molar refractivity (Wildman–Crippen MR) is 75.2 cm³/mol. The maximum Gasteiger partial charge on any atom is 0.419 e. The van der Waals surface area contributed by atoms with Crippen molar-refractivity contribution in [1.29, 1.82) is 0 Å². The SMILES string of the molecule is C[C@@H](Cn1ccnc1)NC(=O)Nc1ccc(F)c(C(F)(F)F)c1. The number of urea groups is 1. The normalized spacial score (nSPS) is 12.7. The van der Waals surface area contributed by atoms with Crippen LogP contribution in [0.5, 0.6) is 0 Å². The van der Waals surface area contributed by atoms with E-state index in [-0.39, 0.29) is 11.7 Å². The third kappa shape index (κ3) is 4.70. The fourth-order valence-corrected chi connectivity index (χ4v) is 1.97. The molecular weight excluding hydrogens is 316 g/mol. The Morgan fingerprint density at radius 2 is 2.13 bits per heavy atom. The fourth-order valence-electron chi connectivity index (χ4n) is 1.97. The van der Waals surface area contributed by atoms with Crippen molar-refractivity contribution in [3.63, 3.8) is 0 Å². The van der Waals surface area contributed by atoms with Crippen LogP contribution >= 0.6 is 0 Å². The molecule has 0 bridgehead atoms. The van der Waals surface area contributed by atoms with E-state index in [0.717, 1.165) is 6.07 Å². The standard InChI is InChI=1S/C14H14F4N4O/c1-9(7-22-5-4-19-8-22)20-13(23)21-10-2-3-12(15)11(6-10)14(16,17)18/h2-6,8-9H,7H2,1H3,(H2,20,21,23)/t9-/m0/s1. The van der Waals surface area contributed by atoms with E-state index in [1.807, 2.05) is 0 Å². The van der Waals surface area contributed by atoms with Crippen molar-refractivity contribution >= 4 is 11.7 Å². The van der Waals surface area contributed by atoms with Crippen LogP contribution in [0.25, 0.3) is 0 Å². The van der Waals surface area contributed by atoms with Crippen LogP contribution in [-0.4, -0.2) is 21.6 Å². The molecule has 0 fully saturated rings. The zero-order valence-corrected chi connectivity index (χ0v) is 12.1. The van der Waals surface area contributed by atoms with Gasteiger partial charge >= 0.3 is 12.2 Å². The highest BCUT2D eigenvalue weighted by molar-refractivity contribution is 5.89. The second-order valence-electron chi connectivity index (χ2n) is 4.95. The minimum absolute atomic E-state index is 0.147. The van der Waals surface area contributed by atoms with Gasteiger partial charge in [0.15, 0.2) is 0 Å². The number of anilines is 1. The van der Waals surface area contributed by atoms with Crippen LogP contribution in [0, 0.1) is 5.82 Å². The Balaban J connectivity index is 1.97. The van der Waals surface area contributed by atoms with Crippen molar-refractivity contribution in [2.24, 2.45) is 0 Å². The molecule has 1 aromatic heterocycles. The Morgan fingerprint density at radius 1 is 1.39 bits per heavy atom. The summed E-state index contributed by atoms with van der Waals surface area (Å²) < 4.78 is 52.7. The maximum atomic E-state index is 13.2. The number of benzene rings is 1. The molecule has 0 spiro atoms. The zero-order valence-electron chi connectivity index (χ0n) is 12.1. The maximum absolute atomic E-state index is 13.2. The van der Waals surface area contributed by atoms with E-state index < -0.39 is 23.6 Å². The van der Waals surface area contributed by atoms with Crippen molar-refractivity contribution in [1.82, 2.24) is 14.9 Å². The zero-order chi connectivity index (χ0) is 17.0. The van der Waals surface area contributed by atoms with E-state index in [2.05, 4.69) is 15.6 Å². The Labute approximate surface area is 129 Å². The lowest BCUT2D eigenvalue weighted by Gasteiger charge is -2.16. The van der Waals surface area contributed by atoms with E-state index in [9.17, 15) is 22.4 Å². The summed E-state index contributed by atoms with van der Waals surface area (Å²) in [6.45, 7) is 2.18. The van der Waals surface area contributed by atoms with Gasteiger partial charge < -0.3 is 15.2 Å². The third-order valence-electron chi connectivity index (χ3n) is 2.95. The van der Waals surface area contributed by atoms with Gasteiger partial charge in [0.2, 0.25) is 0 Å². The Hall–Kier alpha value is -2.58. The number of rotatable bonds is 4. The van der Waals surface area contributed by atoms with Gasteiger partial charge in [0.1, 0.15) is 5.82 Å². The van der Waals surface area contributed by atoms with E-state index in [4.69, 9.17) is 0 Å². The Bertz CT molecular complexity index is 670.